The van der Waals surface area contributed by atoms with Gasteiger partial charge in [-0.15, -0.1) is 4.91 Å². The number of nitrogens with zero attached hydrogens (tertiary/aromatic N) is 4. The second-order valence-corrected chi connectivity index (χ2v) is 11.9. The van der Waals surface area contributed by atoms with Gasteiger partial charge in [0.2, 0.25) is 11.8 Å². The number of alkyl halides is 2. The average Bonchev–Trinajstić information content (AvgIpc) is 3.66. The maximum Gasteiger partial charge on any atom is 0.317 e. The van der Waals surface area contributed by atoms with E-state index in [2.05, 4.69) is 27.8 Å². The Labute approximate surface area is 282 Å². The third-order valence-electron chi connectivity index (χ3n) is 8.25. The number of carbonyl (C=O) groups excluding carboxylic acids is 3. The molecule has 1 aliphatic carbocycles. The van der Waals surface area contributed by atoms with Crippen LogP contribution in [0.2, 0.25) is 0 Å². The summed E-state index contributed by atoms with van der Waals surface area (Å²) in [5.74, 6) is -2.21. The highest BCUT2D eigenvalue weighted by Gasteiger charge is 2.40. The van der Waals surface area contributed by atoms with E-state index >= 15 is 0 Å². The number of hydrogen-bond donors (Lipinski definition) is 1. The first-order chi connectivity index (χ1) is 22.7. The molecule has 12 nitrogen and oxygen atoms in total. The first-order valence-corrected chi connectivity index (χ1v) is 16.4. The van der Waals surface area contributed by atoms with Crippen LogP contribution in [-0.4, -0.2) is 78.5 Å². The zero-order valence-corrected chi connectivity index (χ0v) is 29.8. The number of Topliss-reactive ketones (excluding diaryl/α,β-unsaturated/α-hetero) is 1. The molecule has 48 heavy (non-hydrogen) atoms. The van der Waals surface area contributed by atoms with Gasteiger partial charge in [0.05, 0.1) is 31.3 Å². The number of amides is 2. The topological polar surface area (TPSA) is 163 Å². The molecule has 2 aromatic rings. The van der Waals surface area contributed by atoms with Crippen molar-refractivity contribution in [2.45, 2.75) is 98.6 Å². The van der Waals surface area contributed by atoms with Gasteiger partial charge in [0, 0.05) is 26.1 Å². The van der Waals surface area contributed by atoms with Gasteiger partial charge in [-0.2, -0.15) is 8.78 Å². The first kappa shape index (κ1) is 42.2. The van der Waals surface area contributed by atoms with Crippen molar-refractivity contribution in [3.8, 4) is 11.6 Å². The number of aromatic nitrogens is 2. The number of ether oxygens (including phenoxy) is 3. The molecule has 1 unspecified atom stereocenters. The molecular weight excluding hydrogens is 628 g/mol. The molecule has 5 atom stereocenters. The zero-order chi connectivity index (χ0) is 36.6. The molecule has 1 aromatic heterocycles. The van der Waals surface area contributed by atoms with Gasteiger partial charge in [0.1, 0.15) is 12.4 Å². The quantitative estimate of drug-likeness (QED) is 0.219. The molecule has 1 saturated carbocycles. The summed E-state index contributed by atoms with van der Waals surface area (Å²) in [6.45, 7) is 12.5. The number of ketones is 1. The van der Waals surface area contributed by atoms with E-state index in [1.54, 1.807) is 18.2 Å². The van der Waals surface area contributed by atoms with Crippen LogP contribution >= 0.6 is 0 Å². The van der Waals surface area contributed by atoms with Crippen molar-refractivity contribution in [1.29, 1.82) is 0 Å². The average molecular weight is 682 g/mol. The van der Waals surface area contributed by atoms with Crippen molar-refractivity contribution < 1.29 is 37.4 Å². The smallest absolute Gasteiger partial charge is 0.317 e. The van der Waals surface area contributed by atoms with E-state index in [-0.39, 0.29) is 35.4 Å². The van der Waals surface area contributed by atoms with E-state index in [9.17, 15) is 28.1 Å². The van der Waals surface area contributed by atoms with Gasteiger partial charge >= 0.3 is 5.92 Å². The Morgan fingerprint density at radius 2 is 1.69 bits per heavy atom. The number of primary amides is 1. The molecular formula is C34H53F2N5O7. The third kappa shape index (κ3) is 12.3. The number of likely N-dealkylation sites (tertiary alicyclic amines) is 1. The number of hydrogen-bond acceptors (Lipinski definition) is 10. The Morgan fingerprint density at radius 3 is 2.21 bits per heavy atom. The third-order valence-corrected chi connectivity index (χ3v) is 8.25. The summed E-state index contributed by atoms with van der Waals surface area (Å²) in [7, 11) is 2.83. The second-order valence-electron chi connectivity index (χ2n) is 11.9. The van der Waals surface area contributed by atoms with Crippen LogP contribution in [0.1, 0.15) is 86.3 Å². The zero-order valence-electron chi connectivity index (χ0n) is 29.8. The van der Waals surface area contributed by atoms with E-state index in [0.717, 1.165) is 19.3 Å². The van der Waals surface area contributed by atoms with Crippen LogP contribution in [0.4, 0.5) is 8.78 Å². The van der Waals surface area contributed by atoms with E-state index in [1.165, 1.54) is 52.7 Å². The standard InChI is InChI=1S/C20H26F2N2O3.C10H16N2O3.C2H5NO.C2H6/c1-13-5-4-6-14(13)9-10-27-12-20(21,22)18-19(26-3)24-17-11-15(25-2)7-8-16(17)23-18;1-6-4-5-12(9(6)8(3)13)10(14)7(2)11-15;1-2(3)4;1-2/h7-8,11,13-14H,4-6,9-10,12H2,1-3H3;6-7,9H,4-5H2,1-3H3;1H3,(H2,3,4);1-2H3/t13?,14-;6-,7+,9+;;/m01../s1. The molecule has 2 heterocycles. The molecule has 270 valence electrons. The molecule has 2 amide bonds. The van der Waals surface area contributed by atoms with Crippen LogP contribution in [0, 0.1) is 22.7 Å². The Hall–Kier alpha value is -3.81. The van der Waals surface area contributed by atoms with Gasteiger partial charge < -0.3 is 24.8 Å². The molecule has 14 heteroatoms. The molecule has 4 rings (SSSR count). The van der Waals surface area contributed by atoms with Crippen LogP contribution in [0.3, 0.4) is 0 Å². The summed E-state index contributed by atoms with van der Waals surface area (Å²) in [5.41, 5.74) is 4.75. The molecule has 0 radical (unpaired) electrons. The fourth-order valence-corrected chi connectivity index (χ4v) is 5.78. The minimum absolute atomic E-state index is 0.0218. The number of carbonyl (C=O) groups is 3. The summed E-state index contributed by atoms with van der Waals surface area (Å²) in [6.07, 6.45) is 5.22. The van der Waals surface area contributed by atoms with Gasteiger partial charge in [-0.3, -0.25) is 14.4 Å². The van der Waals surface area contributed by atoms with Crippen LogP contribution in [0.15, 0.2) is 23.4 Å². The van der Waals surface area contributed by atoms with E-state index in [0.29, 0.717) is 41.8 Å². The number of benzene rings is 1. The van der Waals surface area contributed by atoms with Gasteiger partial charge in [0.15, 0.2) is 17.5 Å². The summed E-state index contributed by atoms with van der Waals surface area (Å²) < 4.78 is 45.0. The molecule has 2 N–H and O–H groups in total. The lowest BCUT2D eigenvalue weighted by Crippen LogP contribution is -2.45. The van der Waals surface area contributed by atoms with Crippen molar-refractivity contribution in [2.24, 2.45) is 28.7 Å². The van der Waals surface area contributed by atoms with E-state index < -0.39 is 24.3 Å². The van der Waals surface area contributed by atoms with Crippen LogP contribution < -0.4 is 15.2 Å². The highest BCUT2D eigenvalue weighted by molar-refractivity contribution is 5.90. The summed E-state index contributed by atoms with van der Waals surface area (Å²) >= 11 is 0. The summed E-state index contributed by atoms with van der Waals surface area (Å²) in [6, 6.07) is 3.62. The normalized spacial score (nSPS) is 20.6. The number of nitroso groups, excluding NO2 is 1. The van der Waals surface area contributed by atoms with Crippen molar-refractivity contribution >= 4 is 28.6 Å². The minimum atomic E-state index is -3.28. The predicted molar refractivity (Wildman–Crippen MR) is 180 cm³/mol. The largest absolute Gasteiger partial charge is 0.497 e. The van der Waals surface area contributed by atoms with E-state index in [4.69, 9.17) is 14.2 Å². The molecule has 1 saturated heterocycles. The maximum atomic E-state index is 14.7. The van der Waals surface area contributed by atoms with Gasteiger partial charge in [0.25, 0.3) is 5.91 Å². The number of fused-ring (bicyclic) bond motifs is 1. The van der Waals surface area contributed by atoms with Crippen molar-refractivity contribution in [2.75, 3.05) is 34.0 Å². The van der Waals surface area contributed by atoms with Gasteiger partial charge in [-0.05, 0) is 56.6 Å². The molecule has 0 bridgehead atoms. The van der Waals surface area contributed by atoms with Crippen LogP contribution in [0.5, 0.6) is 11.6 Å². The Balaban J connectivity index is 0.000000462. The monoisotopic (exact) mass is 681 g/mol. The highest BCUT2D eigenvalue weighted by atomic mass is 19.3. The summed E-state index contributed by atoms with van der Waals surface area (Å²) in [4.78, 5) is 52.3. The van der Waals surface area contributed by atoms with Gasteiger partial charge in [-0.1, -0.05) is 52.1 Å². The number of nitrogens with two attached hydrogens (primary N) is 1. The number of halogens is 2. The van der Waals surface area contributed by atoms with Gasteiger partial charge in [-0.25, -0.2) is 9.97 Å². The van der Waals surface area contributed by atoms with Crippen molar-refractivity contribution in [1.82, 2.24) is 14.9 Å². The fourth-order valence-electron chi connectivity index (χ4n) is 5.78. The van der Waals surface area contributed by atoms with Crippen molar-refractivity contribution in [3.63, 3.8) is 0 Å². The maximum absolute atomic E-state index is 14.7. The minimum Gasteiger partial charge on any atom is -0.497 e. The Morgan fingerprint density at radius 1 is 1.04 bits per heavy atom. The van der Waals surface area contributed by atoms with Crippen molar-refractivity contribution in [3.05, 3.63) is 28.8 Å². The molecule has 2 aliphatic rings. The molecule has 1 aromatic carbocycles. The molecule has 0 spiro atoms. The lowest BCUT2D eigenvalue weighted by Gasteiger charge is -2.25. The SMILES string of the molecule is CC.CC(=O)[C@@H]1[C@H](C)CCN1C(=O)[C@H](C)N=O.CC(N)=O.COc1ccc2nc(C(F)(F)COCC[C@@H]3CCCC3C)c(OC)nc2c1. The first-order valence-electron chi connectivity index (χ1n) is 16.4. The molecule has 2 fully saturated rings. The predicted octanol–water partition coefficient (Wildman–Crippen LogP) is 6.07. The van der Waals surface area contributed by atoms with Crippen LogP contribution in [-0.2, 0) is 25.0 Å². The Bertz CT molecular complexity index is 1340. The fraction of sp³-hybridized carbons (Fsp3) is 0.676. The molecule has 1 aliphatic heterocycles. The number of rotatable bonds is 11. The number of methoxy groups -OCH3 is 2. The second kappa shape index (κ2) is 20.5. The lowest BCUT2D eigenvalue weighted by atomic mass is 9.95. The van der Waals surface area contributed by atoms with E-state index in [1.807, 2.05) is 20.8 Å². The highest BCUT2D eigenvalue weighted by Crippen LogP contribution is 2.36. The van der Waals surface area contributed by atoms with Crippen LogP contribution in [0.25, 0.3) is 11.0 Å². The summed E-state index contributed by atoms with van der Waals surface area (Å²) in [5, 5.41) is 2.70. The lowest BCUT2D eigenvalue weighted by molar-refractivity contribution is -0.138. The Kier molecular flexibility index (Phi) is 18.1.